The summed E-state index contributed by atoms with van der Waals surface area (Å²) >= 11 is 5.93. The number of urea groups is 1. The number of nitrogens with one attached hydrogen (secondary N) is 2. The molecule has 5 nitrogen and oxygen atoms in total. The van der Waals surface area contributed by atoms with Crippen LogP contribution in [0.2, 0.25) is 5.02 Å². The Hall–Kier alpha value is -2.24. The molecule has 0 saturated carbocycles. The summed E-state index contributed by atoms with van der Waals surface area (Å²) in [6.07, 6.45) is 0. The number of amides is 2. The number of hydrogen-bond donors (Lipinski definition) is 3. The lowest BCUT2D eigenvalue weighted by Gasteiger charge is -2.13. The van der Waals surface area contributed by atoms with Crippen molar-refractivity contribution in [2.45, 2.75) is 13.5 Å². The Kier molecular flexibility index (Phi) is 6.26. The zero-order valence-corrected chi connectivity index (χ0v) is 13.6. The summed E-state index contributed by atoms with van der Waals surface area (Å²) in [5.74, 6) is 0.640. The number of para-hydroxylation sites is 1. The fourth-order valence-electron chi connectivity index (χ4n) is 2.02. The Morgan fingerprint density at radius 1 is 1.26 bits per heavy atom. The largest absolute Gasteiger partial charge is 0.491 e. The lowest BCUT2D eigenvalue weighted by atomic mass is 10.2. The molecule has 0 aliphatic carbocycles. The maximum Gasteiger partial charge on any atom is 0.319 e. The van der Waals surface area contributed by atoms with Crippen molar-refractivity contribution in [2.24, 2.45) is 0 Å². The van der Waals surface area contributed by atoms with E-state index in [9.17, 15) is 4.79 Å². The number of carbonyl (C=O) groups is 1. The Morgan fingerprint density at radius 2 is 2.04 bits per heavy atom. The van der Waals surface area contributed by atoms with Crippen LogP contribution in [-0.4, -0.2) is 24.4 Å². The number of carbonyl (C=O) groups excluding carboxylic acids is 1. The molecule has 0 aliphatic heterocycles. The highest BCUT2D eigenvalue weighted by Crippen LogP contribution is 2.20. The van der Waals surface area contributed by atoms with Crippen LogP contribution in [0.4, 0.5) is 10.5 Å². The summed E-state index contributed by atoms with van der Waals surface area (Å²) in [7, 11) is 0. The van der Waals surface area contributed by atoms with Gasteiger partial charge in [-0.05, 0) is 30.7 Å². The topological polar surface area (TPSA) is 70.6 Å². The van der Waals surface area contributed by atoms with Gasteiger partial charge in [-0.25, -0.2) is 4.79 Å². The quantitative estimate of drug-likeness (QED) is 0.758. The normalized spacial score (nSPS) is 10.2. The number of benzene rings is 2. The first kappa shape index (κ1) is 17.1. The number of aryl methyl sites for hydroxylation is 1. The predicted molar refractivity (Wildman–Crippen MR) is 91.1 cm³/mol. The molecule has 3 N–H and O–H groups in total. The highest BCUT2D eigenvalue weighted by Gasteiger charge is 2.07. The molecule has 0 atom stereocenters. The molecule has 0 saturated heterocycles. The Balaban J connectivity index is 1.95. The second-order valence-corrected chi connectivity index (χ2v) is 5.38. The van der Waals surface area contributed by atoms with Gasteiger partial charge >= 0.3 is 6.03 Å². The smallest absolute Gasteiger partial charge is 0.319 e. The molecule has 0 bridgehead atoms. The van der Waals surface area contributed by atoms with Gasteiger partial charge in [0.25, 0.3) is 0 Å². The van der Waals surface area contributed by atoms with Gasteiger partial charge in [0.15, 0.2) is 0 Å². The van der Waals surface area contributed by atoms with E-state index in [4.69, 9.17) is 21.4 Å². The SMILES string of the molecule is Cc1ccc(Cl)cc1NC(=O)NCc1ccccc1OCCO. The third-order valence-electron chi connectivity index (χ3n) is 3.21. The molecule has 0 fully saturated rings. The van der Waals surface area contributed by atoms with Crippen LogP contribution in [0.3, 0.4) is 0 Å². The van der Waals surface area contributed by atoms with Gasteiger partial charge < -0.3 is 20.5 Å². The maximum atomic E-state index is 12.0. The van der Waals surface area contributed by atoms with Crippen molar-refractivity contribution < 1.29 is 14.6 Å². The predicted octanol–water partition coefficient (Wildman–Crippen LogP) is 3.34. The van der Waals surface area contributed by atoms with Crippen LogP contribution in [0.5, 0.6) is 5.75 Å². The van der Waals surface area contributed by atoms with Gasteiger partial charge in [0, 0.05) is 22.8 Å². The van der Waals surface area contributed by atoms with Crippen LogP contribution >= 0.6 is 11.6 Å². The number of aliphatic hydroxyl groups excluding tert-OH is 1. The van der Waals surface area contributed by atoms with E-state index >= 15 is 0 Å². The Labute approximate surface area is 140 Å². The molecule has 0 radical (unpaired) electrons. The summed E-state index contributed by atoms with van der Waals surface area (Å²) in [6.45, 7) is 2.36. The molecule has 0 aromatic heterocycles. The van der Waals surface area contributed by atoms with Crippen molar-refractivity contribution in [3.05, 3.63) is 58.6 Å². The Bertz CT molecular complexity index is 677. The molecule has 2 amide bonds. The van der Waals surface area contributed by atoms with Crippen molar-refractivity contribution in [1.82, 2.24) is 5.32 Å². The van der Waals surface area contributed by atoms with Crippen LogP contribution < -0.4 is 15.4 Å². The average molecular weight is 335 g/mol. The summed E-state index contributed by atoms with van der Waals surface area (Å²) in [4.78, 5) is 12.0. The lowest BCUT2D eigenvalue weighted by Crippen LogP contribution is -2.28. The van der Waals surface area contributed by atoms with E-state index in [1.165, 1.54) is 0 Å². The number of rotatable bonds is 6. The summed E-state index contributed by atoms with van der Waals surface area (Å²) in [5.41, 5.74) is 2.43. The van der Waals surface area contributed by atoms with E-state index in [0.29, 0.717) is 23.0 Å². The minimum Gasteiger partial charge on any atom is -0.491 e. The standard InChI is InChI=1S/C17H19ClN2O3/c1-12-6-7-14(18)10-15(12)20-17(22)19-11-13-4-2-3-5-16(13)23-9-8-21/h2-7,10,21H,8-9,11H2,1H3,(H2,19,20,22). The van der Waals surface area contributed by atoms with E-state index in [1.807, 2.05) is 31.2 Å². The number of anilines is 1. The summed E-state index contributed by atoms with van der Waals surface area (Å²) < 4.78 is 5.43. The molecule has 0 unspecified atom stereocenters. The Morgan fingerprint density at radius 3 is 2.83 bits per heavy atom. The van der Waals surface area contributed by atoms with Crippen LogP contribution in [0.25, 0.3) is 0 Å². The first-order valence-corrected chi connectivity index (χ1v) is 7.60. The van der Waals surface area contributed by atoms with E-state index in [-0.39, 0.29) is 19.2 Å². The van der Waals surface area contributed by atoms with E-state index in [1.54, 1.807) is 18.2 Å². The monoisotopic (exact) mass is 334 g/mol. The average Bonchev–Trinajstić information content (AvgIpc) is 2.55. The van der Waals surface area contributed by atoms with Gasteiger partial charge in [-0.3, -0.25) is 0 Å². The fourth-order valence-corrected chi connectivity index (χ4v) is 2.19. The van der Waals surface area contributed by atoms with Crippen LogP contribution in [0.1, 0.15) is 11.1 Å². The molecule has 122 valence electrons. The molecule has 23 heavy (non-hydrogen) atoms. The molecule has 2 aromatic rings. The van der Waals surface area contributed by atoms with Crippen molar-refractivity contribution in [1.29, 1.82) is 0 Å². The van der Waals surface area contributed by atoms with Gasteiger partial charge in [-0.2, -0.15) is 0 Å². The lowest BCUT2D eigenvalue weighted by molar-refractivity contribution is 0.200. The molecule has 2 rings (SSSR count). The van der Waals surface area contributed by atoms with Gasteiger partial charge in [0.05, 0.1) is 6.61 Å². The fraction of sp³-hybridized carbons (Fsp3) is 0.235. The van der Waals surface area contributed by atoms with Crippen molar-refractivity contribution in [2.75, 3.05) is 18.5 Å². The third-order valence-corrected chi connectivity index (χ3v) is 3.44. The number of halogens is 1. The van der Waals surface area contributed by atoms with Crippen molar-refractivity contribution in [3.63, 3.8) is 0 Å². The second kappa shape index (κ2) is 8.41. The van der Waals surface area contributed by atoms with Crippen LogP contribution in [-0.2, 0) is 6.54 Å². The molecule has 2 aromatic carbocycles. The highest BCUT2D eigenvalue weighted by atomic mass is 35.5. The van der Waals surface area contributed by atoms with Gasteiger partial charge in [-0.1, -0.05) is 35.9 Å². The molecule has 6 heteroatoms. The minimum absolute atomic E-state index is 0.0592. The number of ether oxygens (including phenoxy) is 1. The first-order valence-electron chi connectivity index (χ1n) is 7.22. The first-order chi connectivity index (χ1) is 11.1. The van der Waals surface area contributed by atoms with E-state index < -0.39 is 0 Å². The van der Waals surface area contributed by atoms with Crippen LogP contribution in [0.15, 0.2) is 42.5 Å². The number of hydrogen-bond acceptors (Lipinski definition) is 3. The van der Waals surface area contributed by atoms with E-state index in [0.717, 1.165) is 11.1 Å². The molecular formula is C17H19ClN2O3. The summed E-state index contributed by atoms with van der Waals surface area (Å²) in [6, 6.07) is 12.4. The zero-order chi connectivity index (χ0) is 16.7. The van der Waals surface area contributed by atoms with Gasteiger partial charge in [-0.15, -0.1) is 0 Å². The molecule has 0 spiro atoms. The highest BCUT2D eigenvalue weighted by molar-refractivity contribution is 6.31. The second-order valence-electron chi connectivity index (χ2n) is 4.95. The number of aliphatic hydroxyl groups is 1. The molecule has 0 aliphatic rings. The van der Waals surface area contributed by atoms with Crippen LogP contribution in [0, 0.1) is 6.92 Å². The maximum absolute atomic E-state index is 12.0. The molecule has 0 heterocycles. The van der Waals surface area contributed by atoms with Crippen molar-refractivity contribution in [3.8, 4) is 5.75 Å². The van der Waals surface area contributed by atoms with Gasteiger partial charge in [0.2, 0.25) is 0 Å². The van der Waals surface area contributed by atoms with E-state index in [2.05, 4.69) is 10.6 Å². The van der Waals surface area contributed by atoms with Gasteiger partial charge in [0.1, 0.15) is 12.4 Å². The summed E-state index contributed by atoms with van der Waals surface area (Å²) in [5, 5.41) is 14.9. The zero-order valence-electron chi connectivity index (χ0n) is 12.8. The minimum atomic E-state index is -0.327. The molecular weight excluding hydrogens is 316 g/mol. The van der Waals surface area contributed by atoms with Crippen molar-refractivity contribution >= 4 is 23.3 Å². The third kappa shape index (κ3) is 5.16.